The first-order valence-corrected chi connectivity index (χ1v) is 22.5. The standard InChI is InChI=1S/C26H28N2O6.C16H12ClNO.C10H17NO5/c1-26(2,3)34-25(31)28-15-18(13-22(28)24(29)30)33-23-14-20(16-8-6-5-7-9-16)27-21-12-17(32-4)10-11-19(21)23;1-19-12-7-8-13-14(17)10-15(18-16(13)9-12)11-5-3-2-4-6-11;1-10(2,3)16-9(15)11-5-6(12)4-7(11)8(13)14/h5-12,14,18,22H,13,15H2,1-4H3,(H,29,30);2-10H,1H3;6-7,12H,4-5H2,1-3H3,(H,13,14)/t18-,22+;;6-,7+/m1.1/s1. The maximum absolute atomic E-state index is 12.7. The highest BCUT2D eigenvalue weighted by Crippen LogP contribution is 2.35. The number of methoxy groups -OCH3 is 2. The number of aliphatic carboxylic acids is 2. The van der Waals surface area contributed by atoms with Crippen LogP contribution in [0.15, 0.2) is 109 Å². The number of aromatic nitrogens is 2. The van der Waals surface area contributed by atoms with Crippen LogP contribution in [0.3, 0.4) is 0 Å². The summed E-state index contributed by atoms with van der Waals surface area (Å²) < 4.78 is 27.4. The molecular formula is C52H57ClN4O12. The molecule has 4 aromatic carbocycles. The number of amides is 2. The summed E-state index contributed by atoms with van der Waals surface area (Å²) >= 11 is 6.33. The Morgan fingerprint density at radius 3 is 1.54 bits per heavy atom. The highest BCUT2D eigenvalue weighted by molar-refractivity contribution is 6.35. The summed E-state index contributed by atoms with van der Waals surface area (Å²) in [5.41, 5.74) is 3.67. The molecule has 6 aromatic rings. The number of benzene rings is 4. The van der Waals surface area contributed by atoms with E-state index in [1.807, 2.05) is 109 Å². The van der Waals surface area contributed by atoms with Gasteiger partial charge in [0, 0.05) is 52.9 Å². The number of carbonyl (C=O) groups is 4. The topological polar surface area (TPSA) is 207 Å². The molecule has 0 unspecified atom stereocenters. The van der Waals surface area contributed by atoms with E-state index < -0.39 is 59.6 Å². The zero-order chi connectivity index (χ0) is 50.2. The zero-order valence-electron chi connectivity index (χ0n) is 39.7. The fourth-order valence-electron chi connectivity index (χ4n) is 7.60. The third kappa shape index (κ3) is 13.5. The van der Waals surface area contributed by atoms with Crippen LogP contribution in [0.1, 0.15) is 54.4 Å². The van der Waals surface area contributed by atoms with Gasteiger partial charge in [0.25, 0.3) is 0 Å². The number of hydrogen-bond acceptors (Lipinski definition) is 12. The second-order valence-corrected chi connectivity index (χ2v) is 18.7. The van der Waals surface area contributed by atoms with Crippen molar-refractivity contribution in [2.45, 2.75) is 89.9 Å². The Morgan fingerprint density at radius 1 is 0.609 bits per heavy atom. The van der Waals surface area contributed by atoms with Gasteiger partial charge in [0.1, 0.15) is 46.6 Å². The monoisotopic (exact) mass is 964 g/mol. The maximum atomic E-state index is 12.7. The van der Waals surface area contributed by atoms with Crippen molar-refractivity contribution in [3.8, 4) is 39.8 Å². The van der Waals surface area contributed by atoms with Crippen molar-refractivity contribution in [1.29, 1.82) is 0 Å². The number of carboxylic acids is 2. The van der Waals surface area contributed by atoms with E-state index in [9.17, 15) is 29.4 Å². The molecule has 8 rings (SSSR count). The number of aliphatic hydroxyl groups excluding tert-OH is 1. The van der Waals surface area contributed by atoms with Gasteiger partial charge in [-0.3, -0.25) is 9.80 Å². The first-order chi connectivity index (χ1) is 32.6. The van der Waals surface area contributed by atoms with Gasteiger partial charge in [-0.25, -0.2) is 29.1 Å². The number of carboxylic acid groups (broad SMARTS) is 2. The van der Waals surface area contributed by atoms with E-state index in [-0.39, 0.29) is 25.9 Å². The minimum atomic E-state index is -1.12. The van der Waals surface area contributed by atoms with Crippen molar-refractivity contribution in [2.75, 3.05) is 27.3 Å². The van der Waals surface area contributed by atoms with E-state index in [2.05, 4.69) is 4.98 Å². The van der Waals surface area contributed by atoms with Crippen LogP contribution in [0, 0.1) is 0 Å². The molecule has 17 heteroatoms. The Balaban J connectivity index is 0.000000188. The first-order valence-electron chi connectivity index (χ1n) is 22.2. The number of ether oxygens (including phenoxy) is 5. The SMILES string of the molecule is CC(C)(C)OC(=O)N1C[C@H](O)C[C@H]1C(=O)O.COc1ccc2c(Cl)cc(-c3ccccc3)nc2c1.COc1ccc2c(O[C@@H]3C[C@@H](C(=O)O)N(C(=O)OC(C)(C)C)C3)cc(-c3ccccc3)nc2c1. The average Bonchev–Trinajstić information content (AvgIpc) is 3.93. The number of carbonyl (C=O) groups excluding carboxylic acids is 2. The number of nitrogens with zero attached hydrogens (tertiary/aromatic N) is 4. The van der Waals surface area contributed by atoms with Gasteiger partial charge in [0.15, 0.2) is 0 Å². The molecular weight excluding hydrogens is 908 g/mol. The Bertz CT molecular complexity index is 2780. The number of β-amino-alcohol motifs (C(OH)–C–C–N with tert-alkyl or cyclic N) is 1. The van der Waals surface area contributed by atoms with Gasteiger partial charge in [-0.2, -0.15) is 0 Å². The summed E-state index contributed by atoms with van der Waals surface area (Å²) in [5.74, 6) is -0.208. The van der Waals surface area contributed by atoms with Crippen molar-refractivity contribution in [1.82, 2.24) is 19.8 Å². The van der Waals surface area contributed by atoms with Crippen molar-refractivity contribution in [2.24, 2.45) is 0 Å². The lowest BCUT2D eigenvalue weighted by Crippen LogP contribution is -2.43. The van der Waals surface area contributed by atoms with Gasteiger partial charge in [0.2, 0.25) is 0 Å². The molecule has 2 aliphatic heterocycles. The predicted octanol–water partition coefficient (Wildman–Crippen LogP) is 9.76. The molecule has 2 aliphatic rings. The molecule has 2 amide bonds. The maximum Gasteiger partial charge on any atom is 0.411 e. The van der Waals surface area contributed by atoms with Crippen LogP contribution in [0.2, 0.25) is 5.02 Å². The molecule has 4 heterocycles. The van der Waals surface area contributed by atoms with Crippen LogP contribution in [0.5, 0.6) is 17.2 Å². The molecule has 4 atom stereocenters. The fourth-order valence-corrected chi connectivity index (χ4v) is 7.86. The van der Waals surface area contributed by atoms with Crippen molar-refractivity contribution in [3.05, 3.63) is 114 Å². The Labute approximate surface area is 405 Å². The van der Waals surface area contributed by atoms with Gasteiger partial charge in [-0.15, -0.1) is 0 Å². The van der Waals surface area contributed by atoms with Crippen LogP contribution in [-0.4, -0.2) is 122 Å². The van der Waals surface area contributed by atoms with Gasteiger partial charge >= 0.3 is 24.1 Å². The van der Waals surface area contributed by atoms with Crippen LogP contribution < -0.4 is 14.2 Å². The lowest BCUT2D eigenvalue weighted by Gasteiger charge is -2.26. The smallest absolute Gasteiger partial charge is 0.411 e. The Hall–Kier alpha value is -7.17. The third-order valence-corrected chi connectivity index (χ3v) is 11.1. The molecule has 69 heavy (non-hydrogen) atoms. The highest BCUT2D eigenvalue weighted by atomic mass is 35.5. The van der Waals surface area contributed by atoms with Crippen LogP contribution in [0.25, 0.3) is 44.3 Å². The quantitative estimate of drug-likeness (QED) is 0.130. The molecule has 2 aromatic heterocycles. The number of fused-ring (bicyclic) bond motifs is 2. The summed E-state index contributed by atoms with van der Waals surface area (Å²) in [4.78, 5) is 58.8. The molecule has 0 bridgehead atoms. The third-order valence-electron chi connectivity index (χ3n) is 10.7. The largest absolute Gasteiger partial charge is 0.497 e. The van der Waals surface area contributed by atoms with E-state index in [4.69, 9.17) is 45.4 Å². The number of hydrogen-bond donors (Lipinski definition) is 3. The van der Waals surface area contributed by atoms with E-state index >= 15 is 0 Å². The minimum absolute atomic E-state index is 0.00583. The zero-order valence-corrected chi connectivity index (χ0v) is 40.5. The predicted molar refractivity (Wildman–Crippen MR) is 261 cm³/mol. The summed E-state index contributed by atoms with van der Waals surface area (Å²) in [6, 6.07) is 32.6. The molecule has 3 N–H and O–H groups in total. The number of rotatable bonds is 8. The summed E-state index contributed by atoms with van der Waals surface area (Å²) in [7, 11) is 3.24. The number of aliphatic hydroxyl groups is 1. The molecule has 0 saturated carbocycles. The molecule has 364 valence electrons. The Morgan fingerprint density at radius 2 is 1.06 bits per heavy atom. The molecule has 16 nitrogen and oxygen atoms in total. The van der Waals surface area contributed by atoms with Crippen molar-refractivity contribution < 1.29 is 58.2 Å². The van der Waals surface area contributed by atoms with Crippen LogP contribution in [-0.2, 0) is 19.1 Å². The lowest BCUT2D eigenvalue weighted by atomic mass is 10.1. The van der Waals surface area contributed by atoms with Crippen LogP contribution >= 0.6 is 11.6 Å². The molecule has 0 radical (unpaired) electrons. The fraction of sp³-hybridized carbons (Fsp3) is 0.346. The number of likely N-dealkylation sites (tertiary alicyclic amines) is 2. The summed E-state index contributed by atoms with van der Waals surface area (Å²) in [5, 5.41) is 30.3. The van der Waals surface area contributed by atoms with E-state index in [1.165, 1.54) is 4.90 Å². The molecule has 2 fully saturated rings. The van der Waals surface area contributed by atoms with Crippen LogP contribution in [0.4, 0.5) is 9.59 Å². The number of pyridine rings is 2. The first kappa shape index (κ1) is 51.2. The summed E-state index contributed by atoms with van der Waals surface area (Å²) in [6.45, 7) is 10.4. The lowest BCUT2D eigenvalue weighted by molar-refractivity contribution is -0.142. The van der Waals surface area contributed by atoms with E-state index in [0.29, 0.717) is 27.7 Å². The molecule has 2 saturated heterocycles. The van der Waals surface area contributed by atoms with Gasteiger partial charge in [-0.05, 0) is 71.9 Å². The van der Waals surface area contributed by atoms with Gasteiger partial charge in [-0.1, -0.05) is 72.3 Å². The Kier molecular flexibility index (Phi) is 16.2. The summed E-state index contributed by atoms with van der Waals surface area (Å²) in [6.07, 6.45) is -2.49. The normalized spacial score (nSPS) is 17.8. The van der Waals surface area contributed by atoms with Crippen molar-refractivity contribution in [3.63, 3.8) is 0 Å². The minimum Gasteiger partial charge on any atom is -0.497 e. The highest BCUT2D eigenvalue weighted by Gasteiger charge is 2.43. The number of halogens is 1. The molecule has 0 aliphatic carbocycles. The average molecular weight is 965 g/mol. The molecule has 0 spiro atoms. The second-order valence-electron chi connectivity index (χ2n) is 18.3. The van der Waals surface area contributed by atoms with Crippen molar-refractivity contribution >= 4 is 57.5 Å². The van der Waals surface area contributed by atoms with E-state index in [1.54, 1.807) is 55.8 Å². The van der Waals surface area contributed by atoms with Gasteiger partial charge < -0.3 is 39.0 Å². The van der Waals surface area contributed by atoms with E-state index in [0.717, 1.165) is 43.8 Å². The second kappa shape index (κ2) is 21.8. The van der Waals surface area contributed by atoms with Gasteiger partial charge in [0.05, 0.1) is 60.9 Å².